The van der Waals surface area contributed by atoms with Gasteiger partial charge < -0.3 is 24.5 Å². The predicted octanol–water partition coefficient (Wildman–Crippen LogP) is 3.50. The summed E-state index contributed by atoms with van der Waals surface area (Å²) in [6.07, 6.45) is 4.81. The minimum Gasteiger partial charge on any atom is -0.494 e. The van der Waals surface area contributed by atoms with Crippen molar-refractivity contribution in [1.82, 2.24) is 9.80 Å². The quantitative estimate of drug-likeness (QED) is 0.397. The molecule has 39 heavy (non-hydrogen) atoms. The number of carbonyl (C=O) groups is 3. The van der Waals surface area contributed by atoms with Crippen LogP contribution in [0.2, 0.25) is 0 Å². The number of thioether (sulfide) groups is 1. The monoisotopic (exact) mass is 555 g/mol. The van der Waals surface area contributed by atoms with Crippen LogP contribution in [-0.4, -0.2) is 87.1 Å². The van der Waals surface area contributed by atoms with Crippen molar-refractivity contribution in [2.24, 2.45) is 11.8 Å². The molecule has 9 heteroatoms. The molecule has 1 N–H and O–H groups in total. The highest BCUT2D eigenvalue weighted by Crippen LogP contribution is 2.67. The number of hydrogen-bond donors (Lipinski definition) is 1. The van der Waals surface area contributed by atoms with E-state index < -0.39 is 28.7 Å². The topological polar surface area (TPSA) is 90.4 Å². The van der Waals surface area contributed by atoms with E-state index in [2.05, 4.69) is 13.2 Å². The van der Waals surface area contributed by atoms with Gasteiger partial charge in [0.25, 0.3) is 0 Å². The minimum absolute atomic E-state index is 0.0600. The van der Waals surface area contributed by atoms with Crippen LogP contribution in [0.1, 0.15) is 40.5 Å². The molecule has 0 radical (unpaired) electrons. The fourth-order valence-corrected chi connectivity index (χ4v) is 8.78. The SMILES string of the molecule is C=CCN(C(=O)[C@@H]1[C@@H]2CCC3(S2)C(C(=O)N(CC=C)C(C)C)N([C@H](C)CO)C(=O)[C@H]13)c1ccc(OCC)cc1. The van der Waals surface area contributed by atoms with Crippen molar-refractivity contribution in [2.45, 2.75) is 68.7 Å². The van der Waals surface area contributed by atoms with Crippen molar-refractivity contribution >= 4 is 35.2 Å². The van der Waals surface area contributed by atoms with Gasteiger partial charge in [-0.15, -0.1) is 24.9 Å². The number of rotatable bonds is 12. The van der Waals surface area contributed by atoms with Gasteiger partial charge in [0.2, 0.25) is 17.7 Å². The molecular weight excluding hydrogens is 514 g/mol. The average molecular weight is 556 g/mol. The number of hydrogen-bond acceptors (Lipinski definition) is 6. The number of fused-ring (bicyclic) bond motifs is 1. The Morgan fingerprint density at radius 2 is 1.85 bits per heavy atom. The smallest absolute Gasteiger partial charge is 0.247 e. The van der Waals surface area contributed by atoms with Gasteiger partial charge >= 0.3 is 0 Å². The molecular formula is C30H41N3O5S. The highest BCUT2D eigenvalue weighted by molar-refractivity contribution is 8.02. The van der Waals surface area contributed by atoms with Gasteiger partial charge in [-0.25, -0.2) is 0 Å². The number of ether oxygens (including phenoxy) is 1. The Balaban J connectivity index is 1.74. The van der Waals surface area contributed by atoms with Crippen molar-refractivity contribution in [3.8, 4) is 5.75 Å². The molecule has 2 bridgehead atoms. The van der Waals surface area contributed by atoms with Crippen LogP contribution in [0.3, 0.4) is 0 Å². The average Bonchev–Trinajstić information content (AvgIpc) is 3.57. The van der Waals surface area contributed by atoms with Gasteiger partial charge in [-0.3, -0.25) is 14.4 Å². The lowest BCUT2D eigenvalue weighted by atomic mass is 9.70. The molecule has 2 unspecified atom stereocenters. The number of anilines is 1. The molecule has 3 heterocycles. The second-order valence-corrected chi connectivity index (χ2v) is 12.5. The van der Waals surface area contributed by atoms with Gasteiger partial charge in [0, 0.05) is 30.1 Å². The van der Waals surface area contributed by atoms with E-state index in [1.807, 2.05) is 45.0 Å². The molecule has 3 aliphatic heterocycles. The first-order valence-electron chi connectivity index (χ1n) is 13.8. The van der Waals surface area contributed by atoms with E-state index in [1.165, 1.54) is 0 Å². The number of nitrogens with zero attached hydrogens (tertiary/aromatic N) is 3. The lowest BCUT2D eigenvalue weighted by Gasteiger charge is -2.40. The highest BCUT2D eigenvalue weighted by atomic mass is 32.2. The Bertz CT molecular complexity index is 1110. The fourth-order valence-electron chi connectivity index (χ4n) is 6.59. The summed E-state index contributed by atoms with van der Waals surface area (Å²) < 4.78 is 4.85. The highest BCUT2D eigenvalue weighted by Gasteiger charge is 2.74. The number of amides is 3. The lowest BCUT2D eigenvalue weighted by molar-refractivity contribution is -0.146. The van der Waals surface area contributed by atoms with Crippen molar-refractivity contribution in [1.29, 1.82) is 0 Å². The number of likely N-dealkylation sites (tertiary alicyclic amines) is 1. The molecule has 3 amide bonds. The van der Waals surface area contributed by atoms with Crippen molar-refractivity contribution in [3.05, 3.63) is 49.6 Å². The van der Waals surface area contributed by atoms with Crippen LogP contribution in [0, 0.1) is 11.8 Å². The van der Waals surface area contributed by atoms with Crippen LogP contribution >= 0.6 is 11.8 Å². The number of aliphatic hydroxyl groups excluding tert-OH is 1. The summed E-state index contributed by atoms with van der Waals surface area (Å²) >= 11 is 1.63. The molecule has 6 atom stereocenters. The summed E-state index contributed by atoms with van der Waals surface area (Å²) in [5.41, 5.74) is 0.709. The van der Waals surface area contributed by atoms with Crippen molar-refractivity contribution < 1.29 is 24.2 Å². The van der Waals surface area contributed by atoms with Crippen molar-refractivity contribution in [2.75, 3.05) is 31.2 Å². The summed E-state index contributed by atoms with van der Waals surface area (Å²) in [5, 5.41) is 10.0. The van der Waals surface area contributed by atoms with Gasteiger partial charge in [-0.2, -0.15) is 0 Å². The maximum Gasteiger partial charge on any atom is 0.247 e. The largest absolute Gasteiger partial charge is 0.494 e. The van der Waals surface area contributed by atoms with E-state index in [-0.39, 0.29) is 35.6 Å². The van der Waals surface area contributed by atoms with Crippen LogP contribution in [0.4, 0.5) is 5.69 Å². The maximum absolute atomic E-state index is 14.3. The van der Waals surface area contributed by atoms with Crippen LogP contribution in [-0.2, 0) is 14.4 Å². The summed E-state index contributed by atoms with van der Waals surface area (Å²) in [6.45, 7) is 16.2. The first-order chi connectivity index (χ1) is 18.7. The van der Waals surface area contributed by atoms with Gasteiger partial charge in [0.15, 0.2) is 0 Å². The zero-order chi connectivity index (χ0) is 28.5. The van der Waals surface area contributed by atoms with E-state index in [1.54, 1.807) is 45.5 Å². The lowest BCUT2D eigenvalue weighted by Crippen LogP contribution is -2.58. The first-order valence-corrected chi connectivity index (χ1v) is 14.7. The Morgan fingerprint density at radius 3 is 2.41 bits per heavy atom. The molecule has 0 aliphatic carbocycles. The molecule has 3 saturated heterocycles. The first kappa shape index (κ1) is 29.2. The van der Waals surface area contributed by atoms with Gasteiger partial charge in [0.05, 0.1) is 35.8 Å². The second kappa shape index (κ2) is 11.8. The molecule has 1 aromatic rings. The van der Waals surface area contributed by atoms with Crippen molar-refractivity contribution in [3.63, 3.8) is 0 Å². The normalized spacial score (nSPS) is 27.8. The molecule has 0 saturated carbocycles. The molecule has 0 aromatic heterocycles. The van der Waals surface area contributed by atoms with Gasteiger partial charge in [-0.05, 0) is 64.8 Å². The van der Waals surface area contributed by atoms with E-state index >= 15 is 0 Å². The van der Waals surface area contributed by atoms with Crippen LogP contribution < -0.4 is 9.64 Å². The van der Waals surface area contributed by atoms with Crippen LogP contribution in [0.5, 0.6) is 5.75 Å². The minimum atomic E-state index is -0.745. The molecule has 4 rings (SSSR count). The Morgan fingerprint density at radius 1 is 1.18 bits per heavy atom. The summed E-state index contributed by atoms with van der Waals surface area (Å²) in [7, 11) is 0. The van der Waals surface area contributed by atoms with Gasteiger partial charge in [-0.1, -0.05) is 12.2 Å². The van der Waals surface area contributed by atoms with E-state index in [0.717, 1.165) is 12.2 Å². The Hall–Kier alpha value is -2.78. The molecule has 1 aromatic carbocycles. The van der Waals surface area contributed by atoms with E-state index in [4.69, 9.17) is 4.74 Å². The summed E-state index contributed by atoms with van der Waals surface area (Å²) in [5.74, 6) is -0.970. The zero-order valence-corrected chi connectivity index (χ0v) is 24.2. The molecule has 1 spiro atoms. The third-order valence-electron chi connectivity index (χ3n) is 8.27. The standard InChI is InChI=1S/C30H41N3O5S/c1-7-16-31(19(4)5)29(37)26-30-15-14-23(39-30)24(25(30)28(36)33(26)20(6)18-34)27(35)32(17-8-2)21-10-12-22(13-11-21)38-9-3/h7-8,10-13,19-20,23-26,34H,1-2,9,14-18H2,3-6H3/t20-,23+,24-,25+,26?,30?/m1/s1. The van der Waals surface area contributed by atoms with E-state index in [9.17, 15) is 19.5 Å². The van der Waals surface area contributed by atoms with Crippen LogP contribution in [0.15, 0.2) is 49.6 Å². The molecule has 8 nitrogen and oxygen atoms in total. The zero-order valence-electron chi connectivity index (χ0n) is 23.4. The number of aliphatic hydroxyl groups is 1. The summed E-state index contributed by atoms with van der Waals surface area (Å²) in [4.78, 5) is 47.7. The second-order valence-electron chi connectivity index (χ2n) is 10.9. The molecule has 212 valence electrons. The molecule has 3 fully saturated rings. The summed E-state index contributed by atoms with van der Waals surface area (Å²) in [6, 6.07) is 5.98. The Labute approximate surface area is 236 Å². The van der Waals surface area contributed by atoms with E-state index in [0.29, 0.717) is 31.8 Å². The predicted molar refractivity (Wildman–Crippen MR) is 155 cm³/mol. The number of carbonyl (C=O) groups excluding carboxylic acids is 3. The maximum atomic E-state index is 14.3. The number of benzene rings is 1. The third-order valence-corrected chi connectivity index (χ3v) is 10.2. The van der Waals surface area contributed by atoms with Crippen LogP contribution in [0.25, 0.3) is 0 Å². The fraction of sp³-hybridized carbons (Fsp3) is 0.567. The molecule has 3 aliphatic rings. The third kappa shape index (κ3) is 4.88. The Kier molecular flexibility index (Phi) is 8.81. The van der Waals surface area contributed by atoms with Gasteiger partial charge in [0.1, 0.15) is 11.8 Å².